The minimum absolute atomic E-state index is 0.0166. The highest BCUT2D eigenvalue weighted by atomic mass is 16.1. The fraction of sp³-hybridized carbons (Fsp3) is 0.278. The first kappa shape index (κ1) is 15.1. The van der Waals surface area contributed by atoms with Crippen LogP contribution in [0.15, 0.2) is 48.5 Å². The van der Waals surface area contributed by atoms with Gasteiger partial charge in [-0.1, -0.05) is 30.3 Å². The molecule has 0 atom stereocenters. The molecule has 2 aromatic carbocycles. The maximum atomic E-state index is 12.1. The third kappa shape index (κ3) is 4.35. The number of amides is 1. The summed E-state index contributed by atoms with van der Waals surface area (Å²) in [5.41, 5.74) is 4.12. The fourth-order valence-corrected chi connectivity index (χ4v) is 2.26. The molecule has 0 aliphatic heterocycles. The summed E-state index contributed by atoms with van der Waals surface area (Å²) in [7, 11) is 0. The van der Waals surface area contributed by atoms with Crippen LogP contribution in [-0.2, 0) is 6.42 Å². The van der Waals surface area contributed by atoms with Gasteiger partial charge in [0.05, 0.1) is 0 Å². The number of carbonyl (C=O) groups is 1. The zero-order valence-corrected chi connectivity index (χ0v) is 12.6. The Balaban J connectivity index is 1.90. The van der Waals surface area contributed by atoms with Crippen LogP contribution in [0.2, 0.25) is 0 Å². The van der Waals surface area contributed by atoms with Crippen LogP contribution in [0.1, 0.15) is 28.4 Å². The molecule has 0 bridgehead atoms. The number of benzene rings is 2. The van der Waals surface area contributed by atoms with Crippen molar-refractivity contribution in [3.8, 4) is 0 Å². The van der Waals surface area contributed by atoms with Gasteiger partial charge in [-0.2, -0.15) is 0 Å². The van der Waals surface area contributed by atoms with Crippen LogP contribution in [-0.4, -0.2) is 19.0 Å². The zero-order valence-electron chi connectivity index (χ0n) is 12.6. The summed E-state index contributed by atoms with van der Waals surface area (Å²) < 4.78 is 0. The molecule has 3 heteroatoms. The second kappa shape index (κ2) is 7.48. The number of anilines is 1. The van der Waals surface area contributed by atoms with E-state index in [4.69, 9.17) is 0 Å². The van der Waals surface area contributed by atoms with Crippen LogP contribution in [0.4, 0.5) is 5.69 Å². The Morgan fingerprint density at radius 3 is 2.52 bits per heavy atom. The molecule has 0 unspecified atom stereocenters. The third-order valence-corrected chi connectivity index (χ3v) is 3.40. The van der Waals surface area contributed by atoms with Crippen molar-refractivity contribution in [2.45, 2.75) is 20.3 Å². The second-order valence-corrected chi connectivity index (χ2v) is 5.05. The van der Waals surface area contributed by atoms with E-state index in [1.165, 1.54) is 5.56 Å². The zero-order chi connectivity index (χ0) is 15.1. The molecule has 0 saturated heterocycles. The van der Waals surface area contributed by atoms with Crippen LogP contribution >= 0.6 is 0 Å². The topological polar surface area (TPSA) is 41.1 Å². The van der Waals surface area contributed by atoms with Gasteiger partial charge in [-0.25, -0.2) is 0 Å². The smallest absolute Gasteiger partial charge is 0.251 e. The van der Waals surface area contributed by atoms with Gasteiger partial charge in [0.15, 0.2) is 0 Å². The quantitative estimate of drug-likeness (QED) is 0.852. The molecule has 3 nitrogen and oxygen atoms in total. The van der Waals surface area contributed by atoms with E-state index in [1.54, 1.807) is 0 Å². The Bertz CT molecular complexity index is 593. The molecule has 0 aromatic heterocycles. The van der Waals surface area contributed by atoms with Crippen molar-refractivity contribution >= 4 is 11.6 Å². The number of hydrogen-bond donors (Lipinski definition) is 2. The summed E-state index contributed by atoms with van der Waals surface area (Å²) in [6, 6.07) is 15.9. The molecule has 0 radical (unpaired) electrons. The highest BCUT2D eigenvalue weighted by Gasteiger charge is 2.07. The van der Waals surface area contributed by atoms with Crippen molar-refractivity contribution in [3.05, 3.63) is 65.2 Å². The van der Waals surface area contributed by atoms with Gasteiger partial charge in [-0.3, -0.25) is 4.79 Å². The molecule has 2 rings (SSSR count). The van der Waals surface area contributed by atoms with Crippen molar-refractivity contribution < 1.29 is 4.79 Å². The summed E-state index contributed by atoms with van der Waals surface area (Å²) in [4.78, 5) is 12.1. The van der Waals surface area contributed by atoms with Crippen molar-refractivity contribution in [1.82, 2.24) is 5.32 Å². The molecule has 0 saturated carbocycles. The summed E-state index contributed by atoms with van der Waals surface area (Å²) in [5.74, 6) is -0.0166. The van der Waals surface area contributed by atoms with Crippen molar-refractivity contribution in [3.63, 3.8) is 0 Å². The standard InChI is InChI=1S/C18H22N2O/c1-3-19-17-10-9-16(13-14(17)2)18(21)20-12-11-15-7-5-4-6-8-15/h4-10,13,19H,3,11-12H2,1-2H3,(H,20,21). The van der Waals surface area contributed by atoms with Gasteiger partial charge in [0, 0.05) is 24.3 Å². The van der Waals surface area contributed by atoms with Gasteiger partial charge >= 0.3 is 0 Å². The average Bonchev–Trinajstić information content (AvgIpc) is 2.50. The van der Waals surface area contributed by atoms with E-state index in [2.05, 4.69) is 29.7 Å². The first-order chi connectivity index (χ1) is 10.2. The minimum atomic E-state index is -0.0166. The van der Waals surface area contributed by atoms with Crippen LogP contribution in [0.5, 0.6) is 0 Å². The second-order valence-electron chi connectivity index (χ2n) is 5.05. The fourth-order valence-electron chi connectivity index (χ4n) is 2.26. The molecule has 21 heavy (non-hydrogen) atoms. The van der Waals surface area contributed by atoms with E-state index in [9.17, 15) is 4.79 Å². The SMILES string of the molecule is CCNc1ccc(C(=O)NCCc2ccccc2)cc1C. The van der Waals surface area contributed by atoms with Crippen molar-refractivity contribution in [2.75, 3.05) is 18.4 Å². The Labute approximate surface area is 126 Å². The maximum absolute atomic E-state index is 12.1. The first-order valence-electron chi connectivity index (χ1n) is 7.37. The maximum Gasteiger partial charge on any atom is 0.251 e. The summed E-state index contributed by atoms with van der Waals surface area (Å²) in [6.07, 6.45) is 0.848. The lowest BCUT2D eigenvalue weighted by atomic mass is 10.1. The number of hydrogen-bond acceptors (Lipinski definition) is 2. The predicted octanol–water partition coefficient (Wildman–Crippen LogP) is 3.40. The molecule has 110 valence electrons. The van der Waals surface area contributed by atoms with E-state index in [1.807, 2.05) is 43.3 Å². The van der Waals surface area contributed by atoms with Crippen LogP contribution in [0.25, 0.3) is 0 Å². The molecular weight excluding hydrogens is 260 g/mol. The van der Waals surface area contributed by atoms with Crippen LogP contribution in [0, 0.1) is 6.92 Å². The van der Waals surface area contributed by atoms with Gasteiger partial charge in [-0.15, -0.1) is 0 Å². The van der Waals surface area contributed by atoms with Crippen LogP contribution < -0.4 is 10.6 Å². The molecule has 0 heterocycles. The number of carbonyl (C=O) groups excluding carboxylic acids is 1. The monoisotopic (exact) mass is 282 g/mol. The Morgan fingerprint density at radius 1 is 1.10 bits per heavy atom. The molecule has 0 fully saturated rings. The Hall–Kier alpha value is -2.29. The summed E-state index contributed by atoms with van der Waals surface area (Å²) in [6.45, 7) is 5.60. The first-order valence-corrected chi connectivity index (χ1v) is 7.37. The number of nitrogens with one attached hydrogen (secondary N) is 2. The van der Waals surface area contributed by atoms with E-state index < -0.39 is 0 Å². The van der Waals surface area contributed by atoms with Crippen molar-refractivity contribution in [2.24, 2.45) is 0 Å². The van der Waals surface area contributed by atoms with Crippen LogP contribution in [0.3, 0.4) is 0 Å². The van der Waals surface area contributed by atoms with Gasteiger partial charge in [0.1, 0.15) is 0 Å². The molecule has 0 spiro atoms. The molecule has 0 aliphatic carbocycles. The van der Waals surface area contributed by atoms with E-state index in [0.717, 1.165) is 24.2 Å². The minimum Gasteiger partial charge on any atom is -0.385 e. The lowest BCUT2D eigenvalue weighted by Crippen LogP contribution is -2.25. The summed E-state index contributed by atoms with van der Waals surface area (Å²) >= 11 is 0. The highest BCUT2D eigenvalue weighted by molar-refractivity contribution is 5.94. The average molecular weight is 282 g/mol. The van der Waals surface area contributed by atoms with Gasteiger partial charge in [-0.05, 0) is 49.6 Å². The molecule has 1 amide bonds. The molecular formula is C18H22N2O. The lowest BCUT2D eigenvalue weighted by molar-refractivity contribution is 0.0954. The van der Waals surface area contributed by atoms with E-state index in [0.29, 0.717) is 12.1 Å². The lowest BCUT2D eigenvalue weighted by Gasteiger charge is -2.10. The third-order valence-electron chi connectivity index (χ3n) is 3.40. The molecule has 2 aromatic rings. The molecule has 0 aliphatic rings. The summed E-state index contributed by atoms with van der Waals surface area (Å²) in [5, 5.41) is 6.24. The van der Waals surface area contributed by atoms with Gasteiger partial charge in [0.25, 0.3) is 5.91 Å². The Kier molecular flexibility index (Phi) is 5.38. The van der Waals surface area contributed by atoms with E-state index in [-0.39, 0.29) is 5.91 Å². The largest absolute Gasteiger partial charge is 0.385 e. The highest BCUT2D eigenvalue weighted by Crippen LogP contribution is 2.16. The van der Waals surface area contributed by atoms with Gasteiger partial charge < -0.3 is 10.6 Å². The van der Waals surface area contributed by atoms with E-state index >= 15 is 0 Å². The normalized spacial score (nSPS) is 10.2. The predicted molar refractivity (Wildman–Crippen MR) is 87.8 cm³/mol. The number of aryl methyl sites for hydroxylation is 1. The number of rotatable bonds is 6. The molecule has 2 N–H and O–H groups in total. The van der Waals surface area contributed by atoms with Crippen molar-refractivity contribution in [1.29, 1.82) is 0 Å². The van der Waals surface area contributed by atoms with Gasteiger partial charge in [0.2, 0.25) is 0 Å². The Morgan fingerprint density at radius 2 is 1.86 bits per heavy atom.